The third kappa shape index (κ3) is 5.30. The second kappa shape index (κ2) is 10.4. The standard InChI is InChI=1S/C27H32ClN5O6S/c1-15-18(28)13-17-21(20(15)33(37)38)40-24(30-22(17)34)31-11-7-27(8-12-31)14-19(29-23(27)35)16-5-9-32(10-6-16)25(36)39-26(2,3)4/h13,16H,5-12,14H2,1-4H3. The van der Waals surface area contributed by atoms with Crippen molar-refractivity contribution in [3.63, 3.8) is 0 Å². The van der Waals surface area contributed by atoms with Gasteiger partial charge in [0.2, 0.25) is 0 Å². The van der Waals surface area contributed by atoms with Gasteiger partial charge in [-0.1, -0.05) is 22.9 Å². The van der Waals surface area contributed by atoms with E-state index in [2.05, 4.69) is 9.98 Å². The first kappa shape index (κ1) is 28.4. The Kier molecular flexibility index (Phi) is 7.37. The molecule has 1 aromatic heterocycles. The van der Waals surface area contributed by atoms with E-state index in [0.717, 1.165) is 29.9 Å². The topological polar surface area (TPSA) is 135 Å². The first-order valence-electron chi connectivity index (χ1n) is 13.4. The van der Waals surface area contributed by atoms with E-state index in [1.807, 2.05) is 25.7 Å². The zero-order chi connectivity index (χ0) is 29.0. The summed E-state index contributed by atoms with van der Waals surface area (Å²) in [5.74, 6) is 0.0559. The van der Waals surface area contributed by atoms with Crippen molar-refractivity contribution in [1.29, 1.82) is 0 Å². The normalized spacial score (nSPS) is 19.8. The molecule has 2 aromatic rings. The highest BCUT2D eigenvalue weighted by Gasteiger charge is 2.48. The van der Waals surface area contributed by atoms with Crippen LogP contribution >= 0.6 is 22.9 Å². The number of likely N-dealkylation sites (tertiary alicyclic amines) is 1. The molecule has 3 aliphatic rings. The van der Waals surface area contributed by atoms with Gasteiger partial charge in [0, 0.05) is 49.8 Å². The molecule has 0 saturated carbocycles. The minimum absolute atomic E-state index is 0.0997. The Balaban J connectivity index is 1.26. The van der Waals surface area contributed by atoms with E-state index in [0.29, 0.717) is 56.1 Å². The first-order valence-corrected chi connectivity index (χ1v) is 14.6. The molecule has 0 atom stereocenters. The predicted molar refractivity (Wildman–Crippen MR) is 154 cm³/mol. The number of fused-ring (bicyclic) bond motifs is 1. The monoisotopic (exact) mass is 589 g/mol. The van der Waals surface area contributed by atoms with Crippen LogP contribution in [0.5, 0.6) is 0 Å². The number of halogens is 1. The molecule has 3 aliphatic heterocycles. The van der Waals surface area contributed by atoms with Gasteiger partial charge in [-0.05, 0) is 59.4 Å². The average Bonchev–Trinajstić information content (AvgIpc) is 3.19. The molecule has 1 aromatic carbocycles. The second-order valence-electron chi connectivity index (χ2n) is 11.9. The van der Waals surface area contributed by atoms with E-state index < -0.39 is 21.5 Å². The number of nitro benzene ring substituents is 1. The lowest BCUT2D eigenvalue weighted by molar-refractivity contribution is -0.383. The third-order valence-electron chi connectivity index (χ3n) is 8.08. The number of hydrogen-bond acceptors (Lipinski definition) is 9. The number of benzene rings is 1. The number of hydrogen-bond donors (Lipinski definition) is 0. The number of nitrogens with zero attached hydrogens (tertiary/aromatic N) is 5. The molecule has 5 rings (SSSR count). The van der Waals surface area contributed by atoms with Crippen LogP contribution in [0.1, 0.15) is 58.4 Å². The first-order chi connectivity index (χ1) is 18.8. The molecule has 40 heavy (non-hydrogen) atoms. The molecule has 11 nitrogen and oxygen atoms in total. The van der Waals surface area contributed by atoms with Crippen molar-refractivity contribution in [3.8, 4) is 0 Å². The summed E-state index contributed by atoms with van der Waals surface area (Å²) in [5.41, 5.74) is -0.637. The van der Waals surface area contributed by atoms with Crippen molar-refractivity contribution < 1.29 is 19.2 Å². The maximum absolute atomic E-state index is 13.2. The summed E-state index contributed by atoms with van der Waals surface area (Å²) in [6, 6.07) is 1.44. The van der Waals surface area contributed by atoms with Gasteiger partial charge >= 0.3 is 6.09 Å². The third-order valence-corrected chi connectivity index (χ3v) is 9.62. The molecule has 1 spiro atoms. The Labute approximate surface area is 240 Å². The van der Waals surface area contributed by atoms with Gasteiger partial charge in [0.05, 0.1) is 20.7 Å². The second-order valence-corrected chi connectivity index (χ2v) is 13.2. The van der Waals surface area contributed by atoms with Crippen LogP contribution in [0.15, 0.2) is 15.9 Å². The molecule has 13 heteroatoms. The summed E-state index contributed by atoms with van der Waals surface area (Å²) in [5, 5.41) is 12.5. The number of anilines is 1. The number of amides is 2. The summed E-state index contributed by atoms with van der Waals surface area (Å²) in [6.45, 7) is 9.20. The van der Waals surface area contributed by atoms with Crippen molar-refractivity contribution >= 4 is 61.6 Å². The minimum Gasteiger partial charge on any atom is -0.444 e. The summed E-state index contributed by atoms with van der Waals surface area (Å²) >= 11 is 7.25. The van der Waals surface area contributed by atoms with Gasteiger partial charge in [-0.2, -0.15) is 4.98 Å². The number of aromatic nitrogens is 1. The van der Waals surface area contributed by atoms with Gasteiger partial charge in [0.1, 0.15) is 10.3 Å². The van der Waals surface area contributed by atoms with Crippen LogP contribution in [-0.4, -0.2) is 64.3 Å². The maximum Gasteiger partial charge on any atom is 0.410 e. The van der Waals surface area contributed by atoms with Gasteiger partial charge in [-0.3, -0.25) is 19.7 Å². The maximum atomic E-state index is 13.2. The van der Waals surface area contributed by atoms with Gasteiger partial charge in [-0.15, -0.1) is 0 Å². The number of carbonyl (C=O) groups is 2. The molecule has 2 fully saturated rings. The van der Waals surface area contributed by atoms with E-state index in [1.54, 1.807) is 11.8 Å². The summed E-state index contributed by atoms with van der Waals surface area (Å²) in [4.78, 5) is 62.0. The zero-order valence-corrected chi connectivity index (χ0v) is 24.6. The van der Waals surface area contributed by atoms with Crippen molar-refractivity contribution in [1.82, 2.24) is 9.88 Å². The van der Waals surface area contributed by atoms with Crippen LogP contribution in [0.3, 0.4) is 0 Å². The molecular formula is C27H32ClN5O6S. The number of carbonyl (C=O) groups excluding carboxylic acids is 2. The zero-order valence-electron chi connectivity index (χ0n) is 23.0. The van der Waals surface area contributed by atoms with Crippen LogP contribution in [0, 0.1) is 28.4 Å². The summed E-state index contributed by atoms with van der Waals surface area (Å²) < 4.78 is 5.74. The lowest BCUT2D eigenvalue weighted by atomic mass is 9.73. The lowest BCUT2D eigenvalue weighted by Crippen LogP contribution is -2.44. The van der Waals surface area contributed by atoms with E-state index in [1.165, 1.54) is 6.07 Å². The fraction of sp³-hybridized carbons (Fsp3) is 0.593. The van der Waals surface area contributed by atoms with Crippen LogP contribution < -0.4 is 10.5 Å². The van der Waals surface area contributed by atoms with Crippen molar-refractivity contribution in [2.75, 3.05) is 31.1 Å². The van der Waals surface area contributed by atoms with Gasteiger partial charge in [0.25, 0.3) is 17.2 Å². The summed E-state index contributed by atoms with van der Waals surface area (Å²) in [6.07, 6.45) is 2.87. The van der Waals surface area contributed by atoms with Crippen LogP contribution in [-0.2, 0) is 9.53 Å². The number of piperidine rings is 2. The number of rotatable bonds is 3. The average molecular weight is 590 g/mol. The quantitative estimate of drug-likeness (QED) is 0.355. The SMILES string of the molecule is Cc1c(Cl)cc2c(=O)nc(N3CCC4(CC3)CC(C3CCN(C(=O)OC(C)(C)C)CC3)=NC4=O)sc2c1[N+](=O)[O-]. The summed E-state index contributed by atoms with van der Waals surface area (Å²) in [7, 11) is 0. The van der Waals surface area contributed by atoms with Crippen molar-refractivity contribution in [2.45, 2.75) is 65.4 Å². The minimum atomic E-state index is -0.577. The fourth-order valence-electron chi connectivity index (χ4n) is 5.77. The number of ether oxygens (including phenoxy) is 1. The smallest absolute Gasteiger partial charge is 0.410 e. The Morgan fingerprint density at radius 1 is 1.20 bits per heavy atom. The highest BCUT2D eigenvalue weighted by Crippen LogP contribution is 2.45. The van der Waals surface area contributed by atoms with Gasteiger partial charge in [0.15, 0.2) is 5.13 Å². The van der Waals surface area contributed by atoms with E-state index >= 15 is 0 Å². The van der Waals surface area contributed by atoms with Gasteiger partial charge < -0.3 is 14.5 Å². The van der Waals surface area contributed by atoms with E-state index in [9.17, 15) is 24.5 Å². The molecule has 4 heterocycles. The predicted octanol–water partition coefficient (Wildman–Crippen LogP) is 5.13. The number of aliphatic imine (C=N–C) groups is 1. The Bertz CT molecular complexity index is 1480. The van der Waals surface area contributed by atoms with E-state index in [-0.39, 0.29) is 38.7 Å². The van der Waals surface area contributed by atoms with Crippen molar-refractivity contribution in [3.05, 3.63) is 37.1 Å². The van der Waals surface area contributed by atoms with Crippen LogP contribution in [0.4, 0.5) is 15.6 Å². The molecule has 0 unspecified atom stereocenters. The van der Waals surface area contributed by atoms with Crippen LogP contribution in [0.25, 0.3) is 10.1 Å². The largest absolute Gasteiger partial charge is 0.444 e. The molecule has 0 bridgehead atoms. The Morgan fingerprint density at radius 3 is 2.45 bits per heavy atom. The molecule has 0 N–H and O–H groups in total. The molecule has 2 amide bonds. The Morgan fingerprint density at radius 2 is 1.85 bits per heavy atom. The molecule has 214 valence electrons. The Hall–Kier alpha value is -3.12. The molecule has 2 saturated heterocycles. The van der Waals surface area contributed by atoms with Crippen molar-refractivity contribution in [2.24, 2.45) is 16.3 Å². The molecular weight excluding hydrogens is 558 g/mol. The lowest BCUT2D eigenvalue weighted by Gasteiger charge is -2.38. The highest BCUT2D eigenvalue weighted by molar-refractivity contribution is 7.22. The molecule has 0 aliphatic carbocycles. The van der Waals surface area contributed by atoms with Gasteiger partial charge in [-0.25, -0.2) is 9.79 Å². The number of nitro groups is 1. The fourth-order valence-corrected chi connectivity index (χ4v) is 7.18. The van der Waals surface area contributed by atoms with Crippen LogP contribution in [0.2, 0.25) is 5.02 Å². The molecule has 0 radical (unpaired) electrons. The highest BCUT2D eigenvalue weighted by atomic mass is 35.5. The van der Waals surface area contributed by atoms with E-state index in [4.69, 9.17) is 16.3 Å².